The number of hydrogen-bond acceptors (Lipinski definition) is 6. The summed E-state index contributed by atoms with van der Waals surface area (Å²) in [6, 6.07) is 4.88. The van der Waals surface area contributed by atoms with E-state index in [0.717, 1.165) is 17.1 Å². The molecule has 0 aliphatic rings. The summed E-state index contributed by atoms with van der Waals surface area (Å²) in [6.45, 7) is 0.692. The molecule has 0 aliphatic heterocycles. The number of rotatable bonds is 6. The van der Waals surface area contributed by atoms with Gasteiger partial charge in [0.05, 0.1) is 9.93 Å². The molecule has 19 heavy (non-hydrogen) atoms. The summed E-state index contributed by atoms with van der Waals surface area (Å²) in [5, 5.41) is 19.9. The van der Waals surface area contributed by atoms with Gasteiger partial charge in [0.15, 0.2) is 0 Å². The molecule has 0 atom stereocenters. The van der Waals surface area contributed by atoms with E-state index in [1.165, 1.54) is 12.1 Å². The highest BCUT2D eigenvalue weighted by Crippen LogP contribution is 2.24. The number of nitro benzene ring substituents is 1. The minimum Gasteiger partial charge on any atom is -0.388 e. The molecule has 1 heterocycles. The van der Waals surface area contributed by atoms with Gasteiger partial charge in [0, 0.05) is 55.1 Å². The number of non-ortho nitro benzene ring substituents is 1. The maximum Gasteiger partial charge on any atom is 0.273 e. The van der Waals surface area contributed by atoms with Gasteiger partial charge < -0.3 is 10.6 Å². The van der Waals surface area contributed by atoms with Crippen molar-refractivity contribution >= 4 is 28.4 Å². The van der Waals surface area contributed by atoms with Gasteiger partial charge in [-0.3, -0.25) is 10.1 Å². The number of hydrogen-bond donors (Lipinski definition) is 2. The third-order valence-corrected chi connectivity index (χ3v) is 3.41. The van der Waals surface area contributed by atoms with Gasteiger partial charge in [0.1, 0.15) is 0 Å². The smallest absolute Gasteiger partial charge is 0.273 e. The van der Waals surface area contributed by atoms with Crippen LogP contribution in [-0.2, 0) is 6.42 Å². The molecule has 0 saturated carbocycles. The molecule has 0 amide bonds. The first-order valence-electron chi connectivity index (χ1n) is 5.78. The predicted molar refractivity (Wildman–Crippen MR) is 77.0 cm³/mol. The number of nitrogens with zero attached hydrogens (tertiary/aromatic N) is 2. The van der Waals surface area contributed by atoms with Crippen molar-refractivity contribution in [1.82, 2.24) is 4.98 Å². The molecule has 0 aliphatic carbocycles. The number of benzene rings is 1. The lowest BCUT2D eigenvalue weighted by Crippen LogP contribution is -2.05. The maximum absolute atomic E-state index is 10.8. The molecule has 100 valence electrons. The first kappa shape index (κ1) is 13.3. The molecule has 6 nitrogen and oxygen atoms in total. The molecule has 0 saturated heterocycles. The average molecular weight is 278 g/mol. The van der Waals surface area contributed by atoms with Crippen LogP contribution in [0.4, 0.5) is 17.1 Å². The van der Waals surface area contributed by atoms with Crippen molar-refractivity contribution in [1.29, 1.82) is 0 Å². The van der Waals surface area contributed by atoms with Crippen LogP contribution in [0.3, 0.4) is 0 Å². The van der Waals surface area contributed by atoms with Gasteiger partial charge in [-0.1, -0.05) is 0 Å². The molecule has 1 aromatic carbocycles. The molecule has 0 spiro atoms. The Morgan fingerprint density at radius 1 is 1.37 bits per heavy atom. The molecular formula is C12H14N4O2S. The van der Waals surface area contributed by atoms with E-state index < -0.39 is 4.92 Å². The quantitative estimate of drug-likeness (QED) is 0.627. The number of aromatic nitrogens is 1. The SMILES string of the molecule is CNc1cc(NCCc2nccs2)cc([N+](=O)[O-])c1. The fourth-order valence-electron chi connectivity index (χ4n) is 1.65. The second-order valence-corrected chi connectivity index (χ2v) is 4.86. The summed E-state index contributed by atoms with van der Waals surface area (Å²) in [7, 11) is 1.73. The Bertz CT molecular complexity index is 557. The second kappa shape index (κ2) is 6.14. The van der Waals surface area contributed by atoms with E-state index in [2.05, 4.69) is 15.6 Å². The Labute approximate surface area is 114 Å². The summed E-state index contributed by atoms with van der Waals surface area (Å²) in [5.41, 5.74) is 1.52. The zero-order valence-corrected chi connectivity index (χ0v) is 11.2. The Morgan fingerprint density at radius 2 is 2.16 bits per heavy atom. The molecule has 0 fully saturated rings. The van der Waals surface area contributed by atoms with E-state index >= 15 is 0 Å². The maximum atomic E-state index is 10.8. The average Bonchev–Trinajstić information content (AvgIpc) is 2.91. The Morgan fingerprint density at radius 3 is 2.79 bits per heavy atom. The van der Waals surface area contributed by atoms with Crippen molar-refractivity contribution in [2.75, 3.05) is 24.2 Å². The lowest BCUT2D eigenvalue weighted by Gasteiger charge is -2.07. The van der Waals surface area contributed by atoms with Crippen LogP contribution >= 0.6 is 11.3 Å². The number of thiazole rings is 1. The first-order valence-corrected chi connectivity index (χ1v) is 6.66. The van der Waals surface area contributed by atoms with Crippen LogP contribution in [0.15, 0.2) is 29.8 Å². The number of anilines is 2. The molecule has 2 aromatic rings. The van der Waals surface area contributed by atoms with Crippen LogP contribution in [0.25, 0.3) is 0 Å². The third-order valence-electron chi connectivity index (χ3n) is 2.57. The summed E-state index contributed by atoms with van der Waals surface area (Å²) < 4.78 is 0. The van der Waals surface area contributed by atoms with E-state index in [-0.39, 0.29) is 5.69 Å². The minimum atomic E-state index is -0.396. The van der Waals surface area contributed by atoms with Crippen molar-refractivity contribution in [3.63, 3.8) is 0 Å². The monoisotopic (exact) mass is 278 g/mol. The summed E-state index contributed by atoms with van der Waals surface area (Å²) >= 11 is 1.60. The van der Waals surface area contributed by atoms with E-state index in [1.807, 2.05) is 11.4 Å². The van der Waals surface area contributed by atoms with Crippen molar-refractivity contribution in [2.24, 2.45) is 0 Å². The third kappa shape index (κ3) is 3.65. The van der Waals surface area contributed by atoms with Crippen LogP contribution in [0.2, 0.25) is 0 Å². The van der Waals surface area contributed by atoms with Gasteiger partial charge in [0.2, 0.25) is 0 Å². The first-order chi connectivity index (χ1) is 9.19. The van der Waals surface area contributed by atoms with E-state index in [4.69, 9.17) is 0 Å². The highest BCUT2D eigenvalue weighted by Gasteiger charge is 2.09. The lowest BCUT2D eigenvalue weighted by atomic mass is 10.2. The van der Waals surface area contributed by atoms with E-state index in [9.17, 15) is 10.1 Å². The zero-order chi connectivity index (χ0) is 13.7. The second-order valence-electron chi connectivity index (χ2n) is 3.88. The topological polar surface area (TPSA) is 80.1 Å². The highest BCUT2D eigenvalue weighted by molar-refractivity contribution is 7.09. The zero-order valence-electron chi connectivity index (χ0n) is 10.4. The normalized spacial score (nSPS) is 10.2. The fraction of sp³-hybridized carbons (Fsp3) is 0.250. The van der Waals surface area contributed by atoms with Crippen LogP contribution in [0, 0.1) is 10.1 Å². The standard InChI is InChI=1S/C12H14N4O2S/c1-13-9-6-10(8-11(7-9)16(17)18)14-3-2-12-15-4-5-19-12/h4-8,13-14H,2-3H2,1H3. The van der Waals surface area contributed by atoms with E-state index in [1.54, 1.807) is 24.6 Å². The number of nitro groups is 1. The fourth-order valence-corrected chi connectivity index (χ4v) is 2.27. The van der Waals surface area contributed by atoms with Gasteiger partial charge in [-0.05, 0) is 6.07 Å². The molecule has 2 N–H and O–H groups in total. The summed E-state index contributed by atoms with van der Waals surface area (Å²) in [5.74, 6) is 0. The van der Waals surface area contributed by atoms with Crippen LogP contribution in [0.1, 0.15) is 5.01 Å². The Balaban J connectivity index is 2.02. The molecule has 7 heteroatoms. The van der Waals surface area contributed by atoms with Gasteiger partial charge in [-0.15, -0.1) is 11.3 Å². The molecule has 1 aromatic heterocycles. The van der Waals surface area contributed by atoms with Crippen molar-refractivity contribution in [2.45, 2.75) is 6.42 Å². The van der Waals surface area contributed by atoms with Crippen molar-refractivity contribution in [3.8, 4) is 0 Å². The number of nitrogens with one attached hydrogen (secondary N) is 2. The predicted octanol–water partition coefficient (Wildman–Crippen LogP) is 2.75. The van der Waals surface area contributed by atoms with Crippen molar-refractivity contribution in [3.05, 3.63) is 44.9 Å². The molecule has 0 radical (unpaired) electrons. The Hall–Kier alpha value is -2.15. The van der Waals surface area contributed by atoms with Gasteiger partial charge in [0.25, 0.3) is 5.69 Å². The minimum absolute atomic E-state index is 0.0728. The molecule has 0 unspecified atom stereocenters. The Kier molecular flexibility index (Phi) is 4.30. The van der Waals surface area contributed by atoms with Crippen molar-refractivity contribution < 1.29 is 4.92 Å². The van der Waals surface area contributed by atoms with E-state index in [0.29, 0.717) is 12.2 Å². The highest BCUT2D eigenvalue weighted by atomic mass is 32.1. The molecule has 2 rings (SSSR count). The van der Waals surface area contributed by atoms with Crippen LogP contribution in [-0.4, -0.2) is 23.5 Å². The van der Waals surface area contributed by atoms with Gasteiger partial charge >= 0.3 is 0 Å². The molecule has 0 bridgehead atoms. The summed E-state index contributed by atoms with van der Waals surface area (Å²) in [4.78, 5) is 14.6. The van der Waals surface area contributed by atoms with Gasteiger partial charge in [-0.2, -0.15) is 0 Å². The largest absolute Gasteiger partial charge is 0.388 e. The lowest BCUT2D eigenvalue weighted by molar-refractivity contribution is -0.384. The summed E-state index contributed by atoms with van der Waals surface area (Å²) in [6.07, 6.45) is 2.57. The van der Waals surface area contributed by atoms with Crippen LogP contribution < -0.4 is 10.6 Å². The van der Waals surface area contributed by atoms with Gasteiger partial charge in [-0.25, -0.2) is 4.98 Å². The van der Waals surface area contributed by atoms with Crippen LogP contribution in [0.5, 0.6) is 0 Å². The molecular weight excluding hydrogens is 264 g/mol.